The first kappa shape index (κ1) is 11.7. The maximum atomic E-state index is 5.89. The minimum Gasteiger partial charge on any atom is -0.469 e. The molecule has 16 heavy (non-hydrogen) atoms. The molecule has 0 aromatic carbocycles. The Morgan fingerprint density at radius 2 is 2.31 bits per heavy atom. The summed E-state index contributed by atoms with van der Waals surface area (Å²) < 4.78 is 6.06. The molecule has 2 aromatic rings. The van der Waals surface area contributed by atoms with Crippen LogP contribution in [-0.4, -0.2) is 0 Å². The fourth-order valence-corrected chi connectivity index (χ4v) is 2.72. The topological polar surface area (TPSA) is 51.2 Å². The molecule has 0 bridgehead atoms. The van der Waals surface area contributed by atoms with E-state index in [1.807, 2.05) is 24.3 Å². The number of nitrogens with one attached hydrogen (secondary N) is 1. The summed E-state index contributed by atoms with van der Waals surface area (Å²) in [6, 6.07) is 7.87. The summed E-state index contributed by atoms with van der Waals surface area (Å²) in [5.41, 5.74) is 2.80. The lowest BCUT2D eigenvalue weighted by atomic mass is 10.1. The highest BCUT2D eigenvalue weighted by atomic mass is 35.5. The number of halogens is 1. The summed E-state index contributed by atoms with van der Waals surface area (Å²) in [6.45, 7) is 0. The first-order valence-corrected chi connectivity index (χ1v) is 6.23. The number of hydrogen-bond donors (Lipinski definition) is 2. The van der Waals surface area contributed by atoms with Crippen molar-refractivity contribution in [1.29, 1.82) is 0 Å². The summed E-state index contributed by atoms with van der Waals surface area (Å²) in [5.74, 6) is 6.51. The van der Waals surface area contributed by atoms with Crippen LogP contribution in [0.2, 0.25) is 4.34 Å². The molecule has 86 valence electrons. The van der Waals surface area contributed by atoms with Gasteiger partial charge < -0.3 is 4.42 Å². The molecule has 3 N–H and O–H groups in total. The molecule has 0 radical (unpaired) electrons. The molecule has 1 unspecified atom stereocenters. The summed E-state index contributed by atoms with van der Waals surface area (Å²) in [4.78, 5) is 1.15. The zero-order chi connectivity index (χ0) is 11.4. The van der Waals surface area contributed by atoms with E-state index in [9.17, 15) is 0 Å². The molecule has 0 aliphatic carbocycles. The van der Waals surface area contributed by atoms with Crippen molar-refractivity contribution in [3.63, 3.8) is 0 Å². The lowest BCUT2D eigenvalue weighted by Gasteiger charge is -2.12. The highest BCUT2D eigenvalue weighted by Crippen LogP contribution is 2.29. The third-order valence-electron chi connectivity index (χ3n) is 2.40. The van der Waals surface area contributed by atoms with E-state index < -0.39 is 0 Å². The average molecular weight is 257 g/mol. The Hall–Kier alpha value is -0.810. The molecule has 0 saturated carbocycles. The largest absolute Gasteiger partial charge is 0.469 e. The van der Waals surface area contributed by atoms with Crippen LogP contribution in [0.5, 0.6) is 0 Å². The fraction of sp³-hybridized carbons (Fsp3) is 0.273. The second kappa shape index (κ2) is 5.50. The van der Waals surface area contributed by atoms with E-state index in [1.165, 1.54) is 0 Å². The van der Waals surface area contributed by atoms with Gasteiger partial charge in [-0.15, -0.1) is 11.3 Å². The van der Waals surface area contributed by atoms with Crippen LogP contribution in [0.1, 0.15) is 23.1 Å². The molecule has 3 nitrogen and oxygen atoms in total. The molecule has 0 amide bonds. The third kappa shape index (κ3) is 2.86. The quantitative estimate of drug-likeness (QED) is 0.638. The van der Waals surface area contributed by atoms with Gasteiger partial charge in [-0.2, -0.15) is 0 Å². The van der Waals surface area contributed by atoms with E-state index in [4.69, 9.17) is 21.9 Å². The lowest BCUT2D eigenvalue weighted by Crippen LogP contribution is -2.27. The Balaban J connectivity index is 1.96. The summed E-state index contributed by atoms with van der Waals surface area (Å²) in [6.07, 6.45) is 3.43. The van der Waals surface area contributed by atoms with Gasteiger partial charge in [-0.25, -0.2) is 0 Å². The van der Waals surface area contributed by atoms with Gasteiger partial charge >= 0.3 is 0 Å². The van der Waals surface area contributed by atoms with Crippen LogP contribution in [0.3, 0.4) is 0 Å². The molecule has 0 spiro atoms. The number of aryl methyl sites for hydroxylation is 1. The van der Waals surface area contributed by atoms with E-state index in [0.29, 0.717) is 0 Å². The maximum Gasteiger partial charge on any atom is 0.103 e. The van der Waals surface area contributed by atoms with E-state index in [0.717, 1.165) is 27.8 Å². The molecule has 5 heteroatoms. The first-order chi connectivity index (χ1) is 7.79. The average Bonchev–Trinajstić information content (AvgIpc) is 2.91. The van der Waals surface area contributed by atoms with Crippen molar-refractivity contribution in [3.8, 4) is 0 Å². The van der Waals surface area contributed by atoms with Gasteiger partial charge in [0.15, 0.2) is 0 Å². The Labute approximate surface area is 103 Å². The molecule has 0 aliphatic rings. The molecule has 2 rings (SSSR count). The van der Waals surface area contributed by atoms with Crippen molar-refractivity contribution in [2.24, 2.45) is 5.84 Å². The molecule has 0 fully saturated rings. The Morgan fingerprint density at radius 3 is 2.88 bits per heavy atom. The fourth-order valence-electron chi connectivity index (χ4n) is 1.56. The number of furan rings is 1. The Kier molecular flexibility index (Phi) is 4.01. The van der Waals surface area contributed by atoms with Crippen LogP contribution >= 0.6 is 22.9 Å². The van der Waals surface area contributed by atoms with Gasteiger partial charge in [-0.05, 0) is 30.7 Å². The number of thiophene rings is 1. The Bertz CT molecular complexity index is 427. The van der Waals surface area contributed by atoms with Crippen molar-refractivity contribution in [3.05, 3.63) is 45.5 Å². The molecule has 0 saturated heterocycles. The molecule has 2 heterocycles. The summed E-state index contributed by atoms with van der Waals surface area (Å²) in [5, 5.41) is 0. The van der Waals surface area contributed by atoms with E-state index in [-0.39, 0.29) is 6.04 Å². The third-order valence-corrected chi connectivity index (χ3v) is 3.74. The van der Waals surface area contributed by atoms with Crippen molar-refractivity contribution < 1.29 is 4.42 Å². The van der Waals surface area contributed by atoms with Crippen molar-refractivity contribution in [1.82, 2.24) is 5.43 Å². The molecule has 0 aliphatic heterocycles. The van der Waals surface area contributed by atoms with Crippen molar-refractivity contribution >= 4 is 22.9 Å². The van der Waals surface area contributed by atoms with E-state index in [1.54, 1.807) is 17.6 Å². The first-order valence-electron chi connectivity index (χ1n) is 5.03. The van der Waals surface area contributed by atoms with E-state index >= 15 is 0 Å². The highest BCUT2D eigenvalue weighted by molar-refractivity contribution is 7.16. The second-order valence-electron chi connectivity index (χ2n) is 3.48. The van der Waals surface area contributed by atoms with Crippen LogP contribution in [0.15, 0.2) is 34.9 Å². The minimum absolute atomic E-state index is 0.127. The van der Waals surface area contributed by atoms with Crippen LogP contribution in [0, 0.1) is 0 Å². The summed E-state index contributed by atoms with van der Waals surface area (Å²) >= 11 is 7.44. The SMILES string of the molecule is NNC(CCc1ccco1)c1ccc(Cl)s1. The van der Waals surface area contributed by atoms with Crippen LogP contribution < -0.4 is 11.3 Å². The zero-order valence-corrected chi connectivity index (χ0v) is 10.2. The molecular formula is C11H13ClN2OS. The second-order valence-corrected chi connectivity index (χ2v) is 5.23. The number of hydrogen-bond acceptors (Lipinski definition) is 4. The predicted octanol–water partition coefficient (Wildman–Crippen LogP) is 3.13. The highest BCUT2D eigenvalue weighted by Gasteiger charge is 2.12. The van der Waals surface area contributed by atoms with Gasteiger partial charge in [-0.3, -0.25) is 11.3 Å². The van der Waals surface area contributed by atoms with Crippen molar-refractivity contribution in [2.45, 2.75) is 18.9 Å². The summed E-state index contributed by atoms with van der Waals surface area (Å²) in [7, 11) is 0. The number of nitrogens with two attached hydrogens (primary N) is 1. The van der Waals surface area contributed by atoms with Gasteiger partial charge in [0.1, 0.15) is 5.76 Å². The predicted molar refractivity (Wildman–Crippen MR) is 66.4 cm³/mol. The molecule has 2 aromatic heterocycles. The monoisotopic (exact) mass is 256 g/mol. The van der Waals surface area contributed by atoms with Gasteiger partial charge in [0.25, 0.3) is 0 Å². The number of rotatable bonds is 5. The lowest BCUT2D eigenvalue weighted by molar-refractivity contribution is 0.462. The van der Waals surface area contributed by atoms with Gasteiger partial charge in [0.05, 0.1) is 16.6 Å². The normalized spacial score (nSPS) is 12.9. The van der Waals surface area contributed by atoms with Crippen LogP contribution in [0.25, 0.3) is 0 Å². The van der Waals surface area contributed by atoms with E-state index in [2.05, 4.69) is 5.43 Å². The number of hydrazine groups is 1. The van der Waals surface area contributed by atoms with Crippen LogP contribution in [-0.2, 0) is 6.42 Å². The van der Waals surface area contributed by atoms with Gasteiger partial charge in [0, 0.05) is 11.3 Å². The standard InChI is InChI=1S/C11H13ClN2OS/c12-11-6-5-10(16-11)9(14-13)4-3-8-2-1-7-15-8/h1-2,5-7,9,14H,3-4,13H2. The maximum absolute atomic E-state index is 5.89. The smallest absolute Gasteiger partial charge is 0.103 e. The Morgan fingerprint density at radius 1 is 1.44 bits per heavy atom. The molecule has 1 atom stereocenters. The zero-order valence-electron chi connectivity index (χ0n) is 8.65. The van der Waals surface area contributed by atoms with Gasteiger partial charge in [-0.1, -0.05) is 11.6 Å². The van der Waals surface area contributed by atoms with Crippen molar-refractivity contribution in [2.75, 3.05) is 0 Å². The minimum atomic E-state index is 0.127. The van der Waals surface area contributed by atoms with Crippen LogP contribution in [0.4, 0.5) is 0 Å². The molecular weight excluding hydrogens is 244 g/mol. The van der Waals surface area contributed by atoms with Gasteiger partial charge in [0.2, 0.25) is 0 Å².